The van der Waals surface area contributed by atoms with Crippen LogP contribution in [-0.4, -0.2) is 37.1 Å². The maximum Gasteiger partial charge on any atom is 0.319 e. The average Bonchev–Trinajstić information content (AvgIpc) is 3.11. The first-order valence-corrected chi connectivity index (χ1v) is 8.40. The summed E-state index contributed by atoms with van der Waals surface area (Å²) in [6.07, 6.45) is 1.75. The molecule has 24 heavy (non-hydrogen) atoms. The Morgan fingerprint density at radius 2 is 2.33 bits per heavy atom. The summed E-state index contributed by atoms with van der Waals surface area (Å²) in [5.74, 6) is 0.651. The molecule has 8 heteroatoms. The van der Waals surface area contributed by atoms with Crippen LogP contribution in [0.1, 0.15) is 17.8 Å². The Balaban J connectivity index is 1.60. The van der Waals surface area contributed by atoms with E-state index in [9.17, 15) is 9.59 Å². The molecule has 2 aromatic rings. The van der Waals surface area contributed by atoms with Gasteiger partial charge in [0, 0.05) is 36.8 Å². The normalized spacial score (nSPS) is 14.6. The predicted molar refractivity (Wildman–Crippen MR) is 92.9 cm³/mol. The van der Waals surface area contributed by atoms with Crippen LogP contribution >= 0.6 is 11.3 Å². The molecule has 0 spiro atoms. The number of likely N-dealkylation sites (N-methyl/N-ethyl adjacent to an activating group) is 1. The minimum absolute atomic E-state index is 0.0331. The van der Waals surface area contributed by atoms with Crippen LogP contribution < -0.4 is 20.3 Å². The van der Waals surface area contributed by atoms with Crippen LogP contribution in [-0.2, 0) is 4.79 Å². The molecule has 0 saturated carbocycles. The van der Waals surface area contributed by atoms with Gasteiger partial charge in [0.05, 0.1) is 10.7 Å². The Morgan fingerprint density at radius 3 is 3.08 bits per heavy atom. The fourth-order valence-corrected chi connectivity index (χ4v) is 3.03. The molecule has 3 rings (SSSR count). The summed E-state index contributed by atoms with van der Waals surface area (Å²) in [5, 5.41) is 8.49. The summed E-state index contributed by atoms with van der Waals surface area (Å²) >= 11 is 1.57. The fraction of sp³-hybridized carbons (Fsp3) is 0.312. The van der Waals surface area contributed by atoms with E-state index in [0.29, 0.717) is 23.7 Å². The minimum Gasteiger partial charge on any atom is -0.482 e. The van der Waals surface area contributed by atoms with Crippen LogP contribution in [0.4, 0.5) is 16.2 Å². The third-order valence-corrected chi connectivity index (χ3v) is 4.75. The first-order valence-electron chi connectivity index (χ1n) is 7.52. The number of benzene rings is 1. The molecule has 1 aliphatic rings. The van der Waals surface area contributed by atoms with Gasteiger partial charge in [-0.25, -0.2) is 9.78 Å². The molecule has 126 valence electrons. The molecule has 0 unspecified atom stereocenters. The Bertz CT molecular complexity index is 748. The highest BCUT2D eigenvalue weighted by molar-refractivity contribution is 7.09. The standard InChI is InChI=1S/C16H18N4O3S/c1-10(15-17-5-6-24-15)8-18-16(22)19-11-3-4-13-12(7-11)20(2)14(21)9-23-13/h3-7,10H,8-9H2,1-2H3,(H2,18,19,22)/t10-/m0/s1. The van der Waals surface area contributed by atoms with Crippen LogP contribution in [0, 0.1) is 0 Å². The van der Waals surface area contributed by atoms with Gasteiger partial charge in [-0.2, -0.15) is 0 Å². The van der Waals surface area contributed by atoms with Gasteiger partial charge >= 0.3 is 6.03 Å². The van der Waals surface area contributed by atoms with Crippen LogP contribution in [0.25, 0.3) is 0 Å². The Labute approximate surface area is 143 Å². The third kappa shape index (κ3) is 3.48. The fourth-order valence-electron chi connectivity index (χ4n) is 2.34. The van der Waals surface area contributed by atoms with E-state index in [-0.39, 0.29) is 24.5 Å². The summed E-state index contributed by atoms with van der Waals surface area (Å²) in [5.41, 5.74) is 1.23. The molecule has 1 aromatic carbocycles. The van der Waals surface area contributed by atoms with E-state index < -0.39 is 0 Å². The van der Waals surface area contributed by atoms with E-state index in [1.165, 1.54) is 4.90 Å². The zero-order valence-corrected chi connectivity index (χ0v) is 14.2. The zero-order chi connectivity index (χ0) is 17.1. The summed E-state index contributed by atoms with van der Waals surface area (Å²) in [6.45, 7) is 2.53. The first kappa shape index (κ1) is 16.3. The van der Waals surface area contributed by atoms with Gasteiger partial charge in [0.25, 0.3) is 5.91 Å². The van der Waals surface area contributed by atoms with Crippen molar-refractivity contribution in [3.05, 3.63) is 34.8 Å². The number of anilines is 2. The summed E-state index contributed by atoms with van der Waals surface area (Å²) in [6, 6.07) is 4.90. The number of carbonyl (C=O) groups is 2. The summed E-state index contributed by atoms with van der Waals surface area (Å²) in [7, 11) is 1.68. The molecule has 1 aliphatic heterocycles. The van der Waals surface area contributed by atoms with E-state index in [4.69, 9.17) is 4.74 Å². The summed E-state index contributed by atoms with van der Waals surface area (Å²) < 4.78 is 5.36. The lowest BCUT2D eigenvalue weighted by molar-refractivity contribution is -0.120. The number of hydrogen-bond donors (Lipinski definition) is 2. The van der Waals surface area contributed by atoms with Gasteiger partial charge in [0.15, 0.2) is 6.61 Å². The second-order valence-corrected chi connectivity index (χ2v) is 6.46. The van der Waals surface area contributed by atoms with Crippen molar-refractivity contribution in [3.8, 4) is 5.75 Å². The zero-order valence-electron chi connectivity index (χ0n) is 13.4. The number of ether oxygens (including phenoxy) is 1. The van der Waals surface area contributed by atoms with E-state index in [0.717, 1.165) is 5.01 Å². The maximum absolute atomic E-state index is 12.0. The number of nitrogens with zero attached hydrogens (tertiary/aromatic N) is 2. The quantitative estimate of drug-likeness (QED) is 0.890. The van der Waals surface area contributed by atoms with Gasteiger partial charge in [-0.15, -0.1) is 11.3 Å². The number of amides is 3. The molecule has 1 aromatic heterocycles. The van der Waals surface area contributed by atoms with Crippen molar-refractivity contribution < 1.29 is 14.3 Å². The molecule has 1 atom stereocenters. The number of urea groups is 1. The number of hydrogen-bond acceptors (Lipinski definition) is 5. The highest BCUT2D eigenvalue weighted by Crippen LogP contribution is 2.33. The average molecular weight is 346 g/mol. The monoisotopic (exact) mass is 346 g/mol. The molecule has 3 amide bonds. The molecule has 0 aliphatic carbocycles. The number of nitrogens with one attached hydrogen (secondary N) is 2. The van der Waals surface area contributed by atoms with Crippen LogP contribution in [0.5, 0.6) is 5.75 Å². The molecular weight excluding hydrogens is 328 g/mol. The number of rotatable bonds is 4. The number of thiazole rings is 1. The molecule has 7 nitrogen and oxygen atoms in total. The molecule has 0 radical (unpaired) electrons. The number of carbonyl (C=O) groups excluding carboxylic acids is 2. The highest BCUT2D eigenvalue weighted by atomic mass is 32.1. The Kier molecular flexibility index (Phi) is 4.66. The number of fused-ring (bicyclic) bond motifs is 1. The highest BCUT2D eigenvalue weighted by Gasteiger charge is 2.22. The lowest BCUT2D eigenvalue weighted by Crippen LogP contribution is -2.35. The Morgan fingerprint density at radius 1 is 1.50 bits per heavy atom. The van der Waals surface area contributed by atoms with Crippen LogP contribution in [0.2, 0.25) is 0 Å². The maximum atomic E-state index is 12.0. The van der Waals surface area contributed by atoms with E-state index in [1.807, 2.05) is 12.3 Å². The molecular formula is C16H18N4O3S. The van der Waals surface area contributed by atoms with Gasteiger partial charge in [0.2, 0.25) is 0 Å². The number of aromatic nitrogens is 1. The van der Waals surface area contributed by atoms with Crippen molar-refractivity contribution in [2.45, 2.75) is 12.8 Å². The molecule has 0 saturated heterocycles. The van der Waals surface area contributed by atoms with Gasteiger partial charge in [0.1, 0.15) is 5.75 Å². The second-order valence-electron chi connectivity index (χ2n) is 5.53. The van der Waals surface area contributed by atoms with Crippen molar-refractivity contribution in [2.75, 3.05) is 30.4 Å². The predicted octanol–water partition coefficient (Wildman–Crippen LogP) is 2.42. The SMILES string of the molecule is C[C@@H](CNC(=O)Nc1ccc2c(c1)N(C)C(=O)CO2)c1nccs1. The van der Waals surface area contributed by atoms with Crippen molar-refractivity contribution in [3.63, 3.8) is 0 Å². The smallest absolute Gasteiger partial charge is 0.319 e. The van der Waals surface area contributed by atoms with E-state index in [2.05, 4.69) is 15.6 Å². The molecule has 0 fully saturated rings. The van der Waals surface area contributed by atoms with E-state index >= 15 is 0 Å². The Hall–Kier alpha value is -2.61. The summed E-state index contributed by atoms with van der Waals surface area (Å²) in [4.78, 5) is 29.5. The molecule has 0 bridgehead atoms. The van der Waals surface area contributed by atoms with Crippen molar-refractivity contribution in [1.82, 2.24) is 10.3 Å². The largest absolute Gasteiger partial charge is 0.482 e. The van der Waals surface area contributed by atoms with Crippen molar-refractivity contribution in [1.29, 1.82) is 0 Å². The van der Waals surface area contributed by atoms with Crippen LogP contribution in [0.3, 0.4) is 0 Å². The lowest BCUT2D eigenvalue weighted by atomic mass is 10.2. The first-order chi connectivity index (χ1) is 11.5. The van der Waals surface area contributed by atoms with Crippen molar-refractivity contribution in [2.24, 2.45) is 0 Å². The minimum atomic E-state index is -0.302. The van der Waals surface area contributed by atoms with E-state index in [1.54, 1.807) is 42.8 Å². The van der Waals surface area contributed by atoms with Crippen LogP contribution in [0.15, 0.2) is 29.8 Å². The third-order valence-electron chi connectivity index (χ3n) is 3.75. The molecule has 2 N–H and O–H groups in total. The topological polar surface area (TPSA) is 83.6 Å². The van der Waals surface area contributed by atoms with Gasteiger partial charge < -0.3 is 20.3 Å². The van der Waals surface area contributed by atoms with Gasteiger partial charge in [-0.1, -0.05) is 6.92 Å². The lowest BCUT2D eigenvalue weighted by Gasteiger charge is -2.26. The van der Waals surface area contributed by atoms with Crippen molar-refractivity contribution >= 4 is 34.6 Å². The molecule has 2 heterocycles. The van der Waals surface area contributed by atoms with Gasteiger partial charge in [-0.3, -0.25) is 4.79 Å². The second kappa shape index (κ2) is 6.88. The van der Waals surface area contributed by atoms with Gasteiger partial charge in [-0.05, 0) is 18.2 Å².